The van der Waals surface area contributed by atoms with Crippen molar-refractivity contribution in [2.24, 2.45) is 0 Å². The Hall–Kier alpha value is -1.06. The van der Waals surface area contributed by atoms with E-state index in [-0.39, 0.29) is 12.7 Å². The number of hydrogen-bond donors (Lipinski definition) is 2. The van der Waals surface area contributed by atoms with Gasteiger partial charge >= 0.3 is 0 Å². The number of aliphatic hydroxyl groups is 2. The van der Waals surface area contributed by atoms with Gasteiger partial charge in [0.15, 0.2) is 0 Å². The Morgan fingerprint density at radius 3 is 2.68 bits per heavy atom. The third kappa shape index (κ3) is 3.48. The molecule has 3 nitrogen and oxygen atoms in total. The molecule has 0 saturated carbocycles. The second-order valence-corrected chi connectivity index (χ2v) is 5.37. The van der Waals surface area contributed by atoms with Crippen LogP contribution in [0.5, 0.6) is 0 Å². The van der Waals surface area contributed by atoms with Crippen molar-refractivity contribution in [1.82, 2.24) is 0 Å². The number of hydrogen-bond acceptors (Lipinski definition) is 3. The van der Waals surface area contributed by atoms with Gasteiger partial charge in [-0.1, -0.05) is 19.1 Å². The quantitative estimate of drug-likeness (QED) is 0.829. The third-order valence-corrected chi connectivity index (χ3v) is 4.07. The summed E-state index contributed by atoms with van der Waals surface area (Å²) < 4.78 is 0. The van der Waals surface area contributed by atoms with Crippen molar-refractivity contribution in [2.75, 3.05) is 18.1 Å². The Kier molecular flexibility index (Phi) is 5.23. The van der Waals surface area contributed by atoms with E-state index >= 15 is 0 Å². The van der Waals surface area contributed by atoms with Crippen LogP contribution < -0.4 is 4.90 Å². The number of aliphatic hydroxyl groups excluding tert-OH is 2. The molecule has 0 amide bonds. The molecule has 2 atom stereocenters. The second-order valence-electron chi connectivity index (χ2n) is 5.37. The van der Waals surface area contributed by atoms with Crippen molar-refractivity contribution in [3.8, 4) is 0 Å². The standard InChI is InChI=1S/C16H25NO2/c1-2-16(19)13-7-9-15(10-8-13)17-11-3-5-14(17)6-4-12-18/h7-10,14,16,18-19H,2-6,11-12H2,1H3. The van der Waals surface area contributed by atoms with Gasteiger partial charge in [0.2, 0.25) is 0 Å². The van der Waals surface area contributed by atoms with Crippen LogP contribution in [-0.2, 0) is 0 Å². The summed E-state index contributed by atoms with van der Waals surface area (Å²) in [5.41, 5.74) is 2.24. The fourth-order valence-electron chi connectivity index (χ4n) is 2.93. The smallest absolute Gasteiger partial charge is 0.0787 e. The van der Waals surface area contributed by atoms with Crippen LogP contribution in [0.1, 0.15) is 50.7 Å². The van der Waals surface area contributed by atoms with Crippen molar-refractivity contribution in [3.63, 3.8) is 0 Å². The van der Waals surface area contributed by atoms with Crippen molar-refractivity contribution < 1.29 is 10.2 Å². The average Bonchev–Trinajstić information content (AvgIpc) is 2.92. The first-order valence-electron chi connectivity index (χ1n) is 7.41. The highest BCUT2D eigenvalue weighted by atomic mass is 16.3. The third-order valence-electron chi connectivity index (χ3n) is 4.07. The summed E-state index contributed by atoms with van der Waals surface area (Å²) in [5.74, 6) is 0. The Morgan fingerprint density at radius 1 is 1.32 bits per heavy atom. The molecule has 1 aliphatic rings. The molecule has 3 heteroatoms. The van der Waals surface area contributed by atoms with E-state index in [1.54, 1.807) is 0 Å². The van der Waals surface area contributed by atoms with Crippen LogP contribution in [0.25, 0.3) is 0 Å². The number of benzene rings is 1. The minimum absolute atomic E-state index is 0.284. The molecule has 0 radical (unpaired) electrons. The number of rotatable bonds is 6. The second kappa shape index (κ2) is 6.92. The van der Waals surface area contributed by atoms with Gasteiger partial charge < -0.3 is 15.1 Å². The molecule has 2 rings (SSSR count). The predicted octanol–water partition coefficient (Wildman–Crippen LogP) is 2.87. The Balaban J connectivity index is 2.04. The molecular weight excluding hydrogens is 238 g/mol. The van der Waals surface area contributed by atoms with Crippen LogP contribution in [0, 0.1) is 0 Å². The normalized spacial score (nSPS) is 20.8. The molecule has 1 aromatic carbocycles. The zero-order valence-electron chi connectivity index (χ0n) is 11.8. The average molecular weight is 263 g/mol. The Morgan fingerprint density at radius 2 is 2.05 bits per heavy atom. The lowest BCUT2D eigenvalue weighted by molar-refractivity contribution is 0.173. The summed E-state index contributed by atoms with van der Waals surface area (Å²) in [6.07, 6.45) is 4.80. The maximum absolute atomic E-state index is 9.81. The maximum atomic E-state index is 9.81. The molecule has 1 saturated heterocycles. The fraction of sp³-hybridized carbons (Fsp3) is 0.625. The highest BCUT2D eigenvalue weighted by molar-refractivity contribution is 5.49. The molecule has 19 heavy (non-hydrogen) atoms. The summed E-state index contributed by atoms with van der Waals surface area (Å²) >= 11 is 0. The number of nitrogens with zero attached hydrogens (tertiary/aromatic N) is 1. The molecule has 1 aromatic rings. The maximum Gasteiger partial charge on any atom is 0.0787 e. The van der Waals surface area contributed by atoms with Gasteiger partial charge in [-0.05, 0) is 49.8 Å². The first kappa shape index (κ1) is 14.4. The van der Waals surface area contributed by atoms with Gasteiger partial charge in [-0.3, -0.25) is 0 Å². The van der Waals surface area contributed by atoms with Gasteiger partial charge in [0.05, 0.1) is 6.10 Å². The van der Waals surface area contributed by atoms with Crippen molar-refractivity contribution >= 4 is 5.69 Å². The lowest BCUT2D eigenvalue weighted by Crippen LogP contribution is -2.29. The van der Waals surface area contributed by atoms with Gasteiger partial charge in [-0.25, -0.2) is 0 Å². The van der Waals surface area contributed by atoms with Crippen LogP contribution in [0.3, 0.4) is 0 Å². The van der Waals surface area contributed by atoms with E-state index < -0.39 is 0 Å². The molecular formula is C16H25NO2. The van der Waals surface area contributed by atoms with Crippen molar-refractivity contribution in [3.05, 3.63) is 29.8 Å². The molecule has 106 valence electrons. The summed E-state index contributed by atoms with van der Waals surface area (Å²) in [5, 5.41) is 18.8. The summed E-state index contributed by atoms with van der Waals surface area (Å²) in [4.78, 5) is 2.44. The minimum Gasteiger partial charge on any atom is -0.396 e. The molecule has 1 aliphatic heterocycles. The molecule has 1 heterocycles. The van der Waals surface area contributed by atoms with Crippen LogP contribution >= 0.6 is 0 Å². The molecule has 0 aliphatic carbocycles. The lowest BCUT2D eigenvalue weighted by Gasteiger charge is -2.27. The van der Waals surface area contributed by atoms with E-state index in [0.717, 1.165) is 31.4 Å². The van der Waals surface area contributed by atoms with Crippen molar-refractivity contribution in [2.45, 2.75) is 51.2 Å². The molecule has 0 spiro atoms. The molecule has 0 bridgehead atoms. The van der Waals surface area contributed by atoms with E-state index in [9.17, 15) is 5.11 Å². The first-order chi connectivity index (χ1) is 9.26. The SMILES string of the molecule is CCC(O)c1ccc(N2CCCC2CCCO)cc1. The summed E-state index contributed by atoms with van der Waals surface area (Å²) in [6, 6.07) is 8.86. The zero-order valence-corrected chi connectivity index (χ0v) is 11.8. The molecule has 2 unspecified atom stereocenters. The minimum atomic E-state index is -0.349. The molecule has 2 N–H and O–H groups in total. The molecule has 1 fully saturated rings. The van der Waals surface area contributed by atoms with E-state index in [1.165, 1.54) is 18.5 Å². The fourth-order valence-corrected chi connectivity index (χ4v) is 2.93. The topological polar surface area (TPSA) is 43.7 Å². The van der Waals surface area contributed by atoms with E-state index in [4.69, 9.17) is 5.11 Å². The lowest BCUT2D eigenvalue weighted by atomic mass is 10.1. The highest BCUT2D eigenvalue weighted by Gasteiger charge is 2.24. The van der Waals surface area contributed by atoms with E-state index in [1.807, 2.05) is 19.1 Å². The Bertz CT molecular complexity index is 377. The van der Waals surface area contributed by atoms with E-state index in [2.05, 4.69) is 17.0 Å². The van der Waals surface area contributed by atoms with Crippen LogP contribution in [0.15, 0.2) is 24.3 Å². The van der Waals surface area contributed by atoms with Crippen molar-refractivity contribution in [1.29, 1.82) is 0 Å². The van der Waals surface area contributed by atoms with Gasteiger partial charge in [-0.2, -0.15) is 0 Å². The number of anilines is 1. The highest BCUT2D eigenvalue weighted by Crippen LogP contribution is 2.29. The van der Waals surface area contributed by atoms with Crippen LogP contribution in [0.4, 0.5) is 5.69 Å². The van der Waals surface area contributed by atoms with Gasteiger partial charge in [-0.15, -0.1) is 0 Å². The van der Waals surface area contributed by atoms with Gasteiger partial charge in [0, 0.05) is 24.9 Å². The largest absolute Gasteiger partial charge is 0.396 e. The van der Waals surface area contributed by atoms with E-state index in [0.29, 0.717) is 6.04 Å². The first-order valence-corrected chi connectivity index (χ1v) is 7.41. The predicted molar refractivity (Wildman–Crippen MR) is 78.4 cm³/mol. The van der Waals surface area contributed by atoms with Gasteiger partial charge in [0.1, 0.15) is 0 Å². The monoisotopic (exact) mass is 263 g/mol. The summed E-state index contributed by atoms with van der Waals surface area (Å²) in [6.45, 7) is 3.38. The summed E-state index contributed by atoms with van der Waals surface area (Å²) in [7, 11) is 0. The van der Waals surface area contributed by atoms with Crippen LogP contribution in [0.2, 0.25) is 0 Å². The van der Waals surface area contributed by atoms with Crippen LogP contribution in [-0.4, -0.2) is 29.4 Å². The molecule has 0 aromatic heterocycles. The van der Waals surface area contributed by atoms with Gasteiger partial charge in [0.25, 0.3) is 0 Å². The Labute approximate surface area is 115 Å². The zero-order chi connectivity index (χ0) is 13.7.